The first-order valence-corrected chi connectivity index (χ1v) is 4.69. The van der Waals surface area contributed by atoms with Crippen molar-refractivity contribution in [1.29, 1.82) is 0 Å². The van der Waals surface area contributed by atoms with Crippen molar-refractivity contribution >= 4 is 0 Å². The fourth-order valence-corrected chi connectivity index (χ4v) is 1.22. The average molecular weight is 207 g/mol. The van der Waals surface area contributed by atoms with Gasteiger partial charge in [0.1, 0.15) is 0 Å². The first-order chi connectivity index (χ1) is 6.49. The minimum Gasteiger partial charge on any atom is -0.314 e. The predicted molar refractivity (Wildman–Crippen MR) is 50.8 cm³/mol. The van der Waals surface area contributed by atoms with Crippen molar-refractivity contribution in [1.82, 2.24) is 5.32 Å². The van der Waals surface area contributed by atoms with Crippen LogP contribution in [0.1, 0.15) is 33.1 Å². The predicted octanol–water partition coefficient (Wildman–Crippen LogP) is 2.72. The van der Waals surface area contributed by atoms with Gasteiger partial charge in [-0.1, -0.05) is 6.92 Å². The largest absolute Gasteiger partial charge is 0.390 e. The minimum atomic E-state index is -4.09. The molecular weight excluding hydrogens is 191 g/mol. The van der Waals surface area contributed by atoms with Crippen LogP contribution >= 0.6 is 0 Å². The highest BCUT2D eigenvalue weighted by molar-refractivity contribution is 4.95. The highest BCUT2D eigenvalue weighted by Gasteiger charge is 2.31. The van der Waals surface area contributed by atoms with Crippen molar-refractivity contribution in [3.8, 4) is 11.8 Å². The Morgan fingerprint density at radius 1 is 1.36 bits per heavy atom. The van der Waals surface area contributed by atoms with Crippen molar-refractivity contribution in [3.05, 3.63) is 0 Å². The number of alkyl halides is 3. The summed E-state index contributed by atoms with van der Waals surface area (Å²) in [4.78, 5) is 0. The van der Waals surface area contributed by atoms with E-state index in [1.807, 2.05) is 0 Å². The molecule has 0 aromatic rings. The molecule has 14 heavy (non-hydrogen) atoms. The van der Waals surface area contributed by atoms with E-state index in [1.54, 1.807) is 13.8 Å². The van der Waals surface area contributed by atoms with Gasteiger partial charge in [0.05, 0.1) is 6.42 Å². The van der Waals surface area contributed by atoms with E-state index < -0.39 is 18.6 Å². The van der Waals surface area contributed by atoms with Crippen molar-refractivity contribution in [3.63, 3.8) is 0 Å². The smallest absolute Gasteiger partial charge is 0.314 e. The lowest BCUT2D eigenvalue weighted by molar-refractivity contribution is -0.140. The van der Waals surface area contributed by atoms with Gasteiger partial charge in [0.15, 0.2) is 0 Å². The van der Waals surface area contributed by atoms with Gasteiger partial charge in [-0.2, -0.15) is 13.2 Å². The lowest BCUT2D eigenvalue weighted by atomic mass is 10.1. The molecule has 0 spiro atoms. The number of nitrogens with one attached hydrogen (secondary N) is 1. The Hall–Kier alpha value is -0.690. The van der Waals surface area contributed by atoms with Crippen LogP contribution in [0.25, 0.3) is 0 Å². The lowest BCUT2D eigenvalue weighted by Gasteiger charge is -2.18. The molecule has 0 aromatic carbocycles. The zero-order valence-electron chi connectivity index (χ0n) is 8.54. The summed E-state index contributed by atoms with van der Waals surface area (Å²) in [6.07, 6.45) is -3.89. The van der Waals surface area contributed by atoms with Crippen LogP contribution in [-0.4, -0.2) is 18.8 Å². The molecule has 0 aromatic heterocycles. The second kappa shape index (κ2) is 6.72. The van der Waals surface area contributed by atoms with Gasteiger partial charge in [0.2, 0.25) is 0 Å². The number of halogens is 3. The second-order valence-corrected chi connectivity index (χ2v) is 3.04. The molecule has 1 N–H and O–H groups in total. The third-order valence-electron chi connectivity index (χ3n) is 1.77. The van der Waals surface area contributed by atoms with E-state index in [0.29, 0.717) is 19.4 Å². The summed E-state index contributed by atoms with van der Waals surface area (Å²) in [7, 11) is 0. The first kappa shape index (κ1) is 13.3. The third-order valence-corrected chi connectivity index (χ3v) is 1.77. The molecular formula is C10H16F3N. The molecule has 0 rings (SSSR count). The normalized spacial score (nSPS) is 13.2. The third kappa shape index (κ3) is 7.93. The molecule has 0 bridgehead atoms. The summed E-state index contributed by atoms with van der Waals surface area (Å²) in [5.74, 6) is 5.43. The Kier molecular flexibility index (Phi) is 6.39. The molecule has 0 aliphatic carbocycles. The van der Waals surface area contributed by atoms with Crippen molar-refractivity contribution in [2.75, 3.05) is 6.54 Å². The highest BCUT2D eigenvalue weighted by atomic mass is 19.4. The Morgan fingerprint density at radius 3 is 2.43 bits per heavy atom. The molecule has 0 fully saturated rings. The zero-order chi connectivity index (χ0) is 11.0. The van der Waals surface area contributed by atoms with Crippen LogP contribution in [0.2, 0.25) is 0 Å². The summed E-state index contributed by atoms with van der Waals surface area (Å²) in [6, 6.07) is -0.499. The van der Waals surface area contributed by atoms with Gasteiger partial charge in [-0.15, -0.1) is 11.8 Å². The molecule has 1 atom stereocenters. The monoisotopic (exact) mass is 207 g/mol. The second-order valence-electron chi connectivity index (χ2n) is 3.04. The van der Waals surface area contributed by atoms with Crippen molar-refractivity contribution in [2.24, 2.45) is 0 Å². The number of hydrogen-bond donors (Lipinski definition) is 1. The van der Waals surface area contributed by atoms with E-state index in [9.17, 15) is 13.2 Å². The van der Waals surface area contributed by atoms with Gasteiger partial charge in [-0.3, -0.25) is 0 Å². The summed E-state index contributed by atoms with van der Waals surface area (Å²) in [5.41, 5.74) is 0. The van der Waals surface area contributed by atoms with Gasteiger partial charge in [-0.05, 0) is 19.9 Å². The lowest BCUT2D eigenvalue weighted by Crippen LogP contribution is -2.33. The molecule has 1 unspecified atom stereocenters. The van der Waals surface area contributed by atoms with Gasteiger partial charge in [0, 0.05) is 12.5 Å². The maximum absolute atomic E-state index is 12.1. The average Bonchev–Trinajstić information content (AvgIpc) is 2.02. The molecule has 0 aliphatic rings. The van der Waals surface area contributed by atoms with E-state index in [1.165, 1.54) is 0 Å². The van der Waals surface area contributed by atoms with Gasteiger partial charge >= 0.3 is 6.18 Å². The van der Waals surface area contributed by atoms with Crippen LogP contribution in [0.4, 0.5) is 13.2 Å². The van der Waals surface area contributed by atoms with Crippen LogP contribution in [0.15, 0.2) is 0 Å². The zero-order valence-corrected chi connectivity index (χ0v) is 8.54. The Balaban J connectivity index is 3.93. The number of rotatable bonds is 5. The Labute approximate surface area is 83.1 Å². The molecule has 1 nitrogen and oxygen atoms in total. The molecule has 0 aliphatic heterocycles. The van der Waals surface area contributed by atoms with Gasteiger partial charge in [0.25, 0.3) is 0 Å². The quantitative estimate of drug-likeness (QED) is 0.683. The molecule has 0 amide bonds. The van der Waals surface area contributed by atoms with E-state index in [0.717, 1.165) is 0 Å². The molecule has 82 valence electrons. The van der Waals surface area contributed by atoms with E-state index in [4.69, 9.17) is 0 Å². The fraction of sp³-hybridized carbons (Fsp3) is 0.800. The minimum absolute atomic E-state index is 0.453. The van der Waals surface area contributed by atoms with Crippen LogP contribution in [-0.2, 0) is 0 Å². The van der Waals surface area contributed by atoms with E-state index >= 15 is 0 Å². The summed E-state index contributed by atoms with van der Waals surface area (Å²) in [5, 5.41) is 2.81. The molecule has 0 saturated carbocycles. The van der Waals surface area contributed by atoms with Crippen LogP contribution in [0, 0.1) is 11.8 Å². The summed E-state index contributed by atoms with van der Waals surface area (Å²) < 4.78 is 36.2. The van der Waals surface area contributed by atoms with Gasteiger partial charge < -0.3 is 5.32 Å². The Morgan fingerprint density at radius 2 is 2.00 bits per heavy atom. The van der Waals surface area contributed by atoms with Crippen LogP contribution < -0.4 is 5.32 Å². The number of hydrogen-bond acceptors (Lipinski definition) is 1. The van der Waals surface area contributed by atoms with Crippen LogP contribution in [0.3, 0.4) is 0 Å². The Bertz CT molecular complexity index is 200. The highest BCUT2D eigenvalue weighted by Crippen LogP contribution is 2.23. The van der Waals surface area contributed by atoms with Crippen LogP contribution in [0.5, 0.6) is 0 Å². The topological polar surface area (TPSA) is 12.0 Å². The summed E-state index contributed by atoms with van der Waals surface area (Å²) >= 11 is 0. The SMILES string of the molecule is CC#CCCC(CC(F)(F)F)NCC. The van der Waals surface area contributed by atoms with Gasteiger partial charge in [-0.25, -0.2) is 0 Å². The maximum Gasteiger partial charge on any atom is 0.390 e. The molecule has 0 saturated heterocycles. The van der Waals surface area contributed by atoms with Crippen molar-refractivity contribution < 1.29 is 13.2 Å². The molecule has 0 radical (unpaired) electrons. The maximum atomic E-state index is 12.1. The standard InChI is InChI=1S/C10H16F3N/c1-3-5-6-7-9(14-4-2)8-10(11,12)13/h9,14H,4,6-8H2,1-2H3. The van der Waals surface area contributed by atoms with E-state index in [2.05, 4.69) is 17.2 Å². The van der Waals surface area contributed by atoms with Crippen molar-refractivity contribution in [2.45, 2.75) is 45.3 Å². The molecule has 4 heteroatoms. The van der Waals surface area contributed by atoms with E-state index in [-0.39, 0.29) is 0 Å². The first-order valence-electron chi connectivity index (χ1n) is 4.69. The fourth-order valence-electron chi connectivity index (χ4n) is 1.22. The summed E-state index contributed by atoms with van der Waals surface area (Å²) in [6.45, 7) is 4.04. The molecule has 0 heterocycles.